The highest BCUT2D eigenvalue weighted by atomic mass is 16.6. The Kier molecular flexibility index (Phi) is 20.1. The summed E-state index contributed by atoms with van der Waals surface area (Å²) in [6.07, 6.45) is -0.0614. The van der Waals surface area contributed by atoms with Gasteiger partial charge in [0.2, 0.25) is 47.3 Å². The van der Waals surface area contributed by atoms with Gasteiger partial charge in [0.15, 0.2) is 0 Å². The number of nitrogens with zero attached hydrogens (tertiary/aromatic N) is 1. The Morgan fingerprint density at radius 2 is 1.21 bits per heavy atom. The van der Waals surface area contributed by atoms with Crippen LogP contribution in [0.25, 0.3) is 0 Å². The molecule has 1 fully saturated rings. The van der Waals surface area contributed by atoms with Gasteiger partial charge in [-0.25, -0.2) is 4.79 Å². The van der Waals surface area contributed by atoms with Crippen LogP contribution in [0.5, 0.6) is 0 Å². The average molecular weight is 860 g/mol. The zero-order valence-electron chi connectivity index (χ0n) is 36.0. The Hall–Kier alpha value is -6.28. The molecule has 1 aliphatic rings. The molecule has 0 unspecified atom stereocenters. The molecule has 2 rings (SSSR count). The number of hydrogen-bond acceptors (Lipinski definition) is 11. The molecule has 0 aromatic heterocycles. The van der Waals surface area contributed by atoms with Gasteiger partial charge in [-0.05, 0) is 57.9 Å². The number of amides is 9. The van der Waals surface area contributed by atoms with Crippen molar-refractivity contribution in [3.63, 3.8) is 0 Å². The fourth-order valence-corrected chi connectivity index (χ4v) is 6.00. The van der Waals surface area contributed by atoms with E-state index in [0.29, 0.717) is 12.0 Å². The van der Waals surface area contributed by atoms with E-state index in [-0.39, 0.29) is 19.4 Å². The van der Waals surface area contributed by atoms with Crippen LogP contribution in [0.3, 0.4) is 0 Å². The first-order valence-corrected chi connectivity index (χ1v) is 20.0. The number of carboxylic acids is 1. The smallest absolute Gasteiger partial charge is 0.408 e. The molecule has 1 saturated heterocycles. The molecule has 1 aromatic rings. The van der Waals surface area contributed by atoms with Crippen LogP contribution in [0.4, 0.5) is 4.79 Å². The van der Waals surface area contributed by atoms with Gasteiger partial charge >= 0.3 is 12.1 Å². The quantitative estimate of drug-likeness (QED) is 0.0679. The van der Waals surface area contributed by atoms with Crippen molar-refractivity contribution in [3.8, 4) is 0 Å². The minimum Gasteiger partial charge on any atom is -0.480 e. The predicted molar refractivity (Wildman–Crippen MR) is 219 cm³/mol. The molecule has 9 amide bonds. The SMILES string of the molecule is CC(C)[C@H](NC(=O)CNC(=O)[C@H](Cc1ccccc1)NC(=O)CNC(=O)[C@@H]1CCCN1C(=O)[C@@H](NC(=O)CNC(=O)[C@H](C)NC(=O)OC(C)(C)C)C(C)C)C(=O)NCC(=O)O. The molecular weight excluding hydrogens is 798 g/mol. The summed E-state index contributed by atoms with van der Waals surface area (Å²) >= 11 is 0. The zero-order valence-corrected chi connectivity index (χ0v) is 36.0. The Morgan fingerprint density at radius 1 is 0.689 bits per heavy atom. The number of carbonyl (C=O) groups is 10. The number of ether oxygens (including phenoxy) is 1. The molecule has 1 heterocycles. The molecule has 0 spiro atoms. The standard InChI is InChI=1S/C40H61N9O12/c1-22(2)32(37(58)44-21-31(53)54)47-29(51)20-42-35(56)26(17-25-13-10-9-11-14-25)46-28(50)18-43-36(57)27-15-12-16-49(27)38(59)33(23(3)4)48-30(52)19-41-34(55)24(5)45-39(60)61-40(6,7)8/h9-11,13-14,22-24,26-27,32-33H,12,15-21H2,1-8H3,(H,41,55)(H,42,56)(H,43,57)(H,44,58)(H,45,60)(H,46,50)(H,47,51)(H,48,52)(H,53,54)/t24-,26-,27-,32-,33-/m0/s1. The van der Waals surface area contributed by atoms with Crippen molar-refractivity contribution in [2.24, 2.45) is 11.8 Å². The lowest BCUT2D eigenvalue weighted by atomic mass is 10.0. The Balaban J connectivity index is 2.01. The molecule has 0 aliphatic carbocycles. The largest absolute Gasteiger partial charge is 0.480 e. The van der Waals surface area contributed by atoms with E-state index in [0.717, 1.165) is 0 Å². The minimum atomic E-state index is -1.26. The van der Waals surface area contributed by atoms with Gasteiger partial charge in [0.05, 0.1) is 19.6 Å². The third-order valence-corrected chi connectivity index (χ3v) is 9.10. The number of rotatable bonds is 21. The second kappa shape index (κ2) is 24.1. The molecule has 61 heavy (non-hydrogen) atoms. The zero-order chi connectivity index (χ0) is 46.0. The van der Waals surface area contributed by atoms with E-state index in [9.17, 15) is 47.9 Å². The van der Waals surface area contributed by atoms with Crippen LogP contribution in [-0.2, 0) is 54.3 Å². The van der Waals surface area contributed by atoms with Gasteiger partial charge in [0.1, 0.15) is 42.4 Å². The number of aliphatic carboxylic acids is 1. The number of alkyl carbamates (subject to hydrolysis) is 1. The van der Waals surface area contributed by atoms with Gasteiger partial charge in [-0.1, -0.05) is 58.0 Å². The monoisotopic (exact) mass is 859 g/mol. The van der Waals surface area contributed by atoms with Crippen LogP contribution in [-0.4, -0.2) is 138 Å². The molecule has 1 aliphatic heterocycles. The van der Waals surface area contributed by atoms with E-state index >= 15 is 0 Å². The minimum absolute atomic E-state index is 0.0130. The molecule has 21 heteroatoms. The highest BCUT2D eigenvalue weighted by molar-refractivity contribution is 5.96. The Labute approximate surface area is 355 Å². The van der Waals surface area contributed by atoms with E-state index in [1.165, 1.54) is 11.8 Å². The molecule has 9 N–H and O–H groups in total. The second-order valence-corrected chi connectivity index (χ2v) is 16.2. The van der Waals surface area contributed by atoms with Gasteiger partial charge in [0.25, 0.3) is 0 Å². The highest BCUT2D eigenvalue weighted by Crippen LogP contribution is 2.20. The lowest BCUT2D eigenvalue weighted by molar-refractivity contribution is -0.142. The molecule has 338 valence electrons. The predicted octanol–water partition coefficient (Wildman–Crippen LogP) is -1.55. The lowest BCUT2D eigenvalue weighted by Gasteiger charge is -2.30. The Morgan fingerprint density at radius 3 is 1.77 bits per heavy atom. The van der Waals surface area contributed by atoms with Crippen molar-refractivity contribution in [3.05, 3.63) is 35.9 Å². The van der Waals surface area contributed by atoms with Crippen molar-refractivity contribution in [1.82, 2.24) is 47.4 Å². The van der Waals surface area contributed by atoms with E-state index < -0.39 is 133 Å². The van der Waals surface area contributed by atoms with Gasteiger partial charge in [-0.2, -0.15) is 0 Å². The number of carbonyl (C=O) groups excluding carboxylic acids is 9. The molecule has 0 bridgehead atoms. The number of likely N-dealkylation sites (tertiary alicyclic amines) is 1. The second-order valence-electron chi connectivity index (χ2n) is 16.2. The summed E-state index contributed by atoms with van der Waals surface area (Å²) in [7, 11) is 0. The summed E-state index contributed by atoms with van der Waals surface area (Å²) in [4.78, 5) is 128. The van der Waals surface area contributed by atoms with E-state index in [4.69, 9.17) is 9.84 Å². The molecule has 0 saturated carbocycles. The first kappa shape index (κ1) is 50.9. The molecule has 1 aromatic carbocycles. The van der Waals surface area contributed by atoms with Crippen LogP contribution >= 0.6 is 0 Å². The molecular formula is C40H61N9O12. The van der Waals surface area contributed by atoms with Gasteiger partial charge in [-0.15, -0.1) is 0 Å². The molecule has 5 atom stereocenters. The maximum atomic E-state index is 13.7. The van der Waals surface area contributed by atoms with Crippen molar-refractivity contribution in [1.29, 1.82) is 0 Å². The van der Waals surface area contributed by atoms with Gasteiger partial charge in [-0.3, -0.25) is 43.2 Å². The highest BCUT2D eigenvalue weighted by Gasteiger charge is 2.39. The van der Waals surface area contributed by atoms with Gasteiger partial charge < -0.3 is 57.3 Å². The van der Waals surface area contributed by atoms with Crippen molar-refractivity contribution in [2.75, 3.05) is 32.7 Å². The van der Waals surface area contributed by atoms with Crippen molar-refractivity contribution >= 4 is 59.3 Å². The summed E-state index contributed by atoms with van der Waals surface area (Å²) in [5.41, 5.74) is -0.110. The van der Waals surface area contributed by atoms with Crippen LogP contribution in [0.15, 0.2) is 30.3 Å². The topological polar surface area (TPSA) is 300 Å². The van der Waals surface area contributed by atoms with E-state index in [1.54, 1.807) is 78.8 Å². The Bertz CT molecular complexity index is 1750. The van der Waals surface area contributed by atoms with E-state index in [1.807, 2.05) is 0 Å². The van der Waals surface area contributed by atoms with Crippen molar-refractivity contribution < 1.29 is 57.8 Å². The van der Waals surface area contributed by atoms with Crippen LogP contribution in [0.2, 0.25) is 0 Å². The van der Waals surface area contributed by atoms with Crippen LogP contribution in [0.1, 0.15) is 73.8 Å². The number of nitrogens with one attached hydrogen (secondary N) is 8. The maximum Gasteiger partial charge on any atom is 0.408 e. The third kappa shape index (κ3) is 18.3. The summed E-state index contributed by atoms with van der Waals surface area (Å²) in [5.74, 6) is -7.57. The van der Waals surface area contributed by atoms with E-state index in [2.05, 4.69) is 42.5 Å². The third-order valence-electron chi connectivity index (χ3n) is 9.10. The maximum absolute atomic E-state index is 13.7. The normalized spacial score (nSPS) is 15.6. The first-order valence-electron chi connectivity index (χ1n) is 20.0. The molecule has 0 radical (unpaired) electrons. The van der Waals surface area contributed by atoms with Crippen LogP contribution in [0, 0.1) is 11.8 Å². The summed E-state index contributed by atoms with van der Waals surface area (Å²) in [6, 6.07) is 3.34. The van der Waals surface area contributed by atoms with Gasteiger partial charge in [0, 0.05) is 13.0 Å². The number of benzene rings is 1. The first-order chi connectivity index (χ1) is 28.5. The summed E-state index contributed by atoms with van der Waals surface area (Å²) in [5, 5.41) is 28.4. The fraction of sp³-hybridized carbons (Fsp3) is 0.600. The number of carboxylic acid groups (broad SMARTS) is 1. The summed E-state index contributed by atoms with van der Waals surface area (Å²) < 4.78 is 5.13. The van der Waals surface area contributed by atoms with Crippen LogP contribution < -0.4 is 42.5 Å². The summed E-state index contributed by atoms with van der Waals surface area (Å²) in [6.45, 7) is 11.0. The number of hydrogen-bond donors (Lipinski definition) is 9. The average Bonchev–Trinajstić information content (AvgIpc) is 3.67. The fourth-order valence-electron chi connectivity index (χ4n) is 6.00. The van der Waals surface area contributed by atoms with Crippen molar-refractivity contribution in [2.45, 2.75) is 110 Å². The lowest BCUT2D eigenvalue weighted by Crippen LogP contribution is -2.57. The molecule has 21 nitrogen and oxygen atoms in total.